The Bertz CT molecular complexity index is 963. The van der Waals surface area contributed by atoms with Crippen molar-refractivity contribution in [3.63, 3.8) is 0 Å². The number of aromatic nitrogens is 3. The molecule has 1 saturated heterocycles. The number of carbonyl (C=O) groups excluding carboxylic acids is 1. The number of thiazole rings is 1. The van der Waals surface area contributed by atoms with Gasteiger partial charge in [0.25, 0.3) is 5.91 Å². The van der Waals surface area contributed by atoms with E-state index >= 15 is 0 Å². The molecule has 2 aliphatic rings. The molecule has 3 heterocycles. The lowest BCUT2D eigenvalue weighted by atomic mass is 9.86. The van der Waals surface area contributed by atoms with Gasteiger partial charge in [-0.25, -0.2) is 15.0 Å². The predicted molar refractivity (Wildman–Crippen MR) is 102 cm³/mol. The summed E-state index contributed by atoms with van der Waals surface area (Å²) in [7, 11) is 0. The van der Waals surface area contributed by atoms with Crippen molar-refractivity contribution >= 4 is 27.5 Å². The summed E-state index contributed by atoms with van der Waals surface area (Å²) in [5, 5.41) is 0.751. The first-order chi connectivity index (χ1) is 12.8. The Morgan fingerprint density at radius 2 is 1.77 bits per heavy atom. The standard InChI is InChI=1S/C20H18N4OS/c25-20(24-11-13-5-1-2-6-14(13)12-24)18-17(21-9-10-22-18)19-23-15-7-3-4-8-16(15)26-19/h1-4,7-10,13-14H,5-6,11-12H2/t13-,14-/m0/s1. The summed E-state index contributed by atoms with van der Waals surface area (Å²) in [6.45, 7) is 1.62. The minimum atomic E-state index is -0.0262. The van der Waals surface area contributed by atoms with Gasteiger partial charge in [0.1, 0.15) is 10.7 Å². The average molecular weight is 362 g/mol. The van der Waals surface area contributed by atoms with E-state index in [4.69, 9.17) is 0 Å². The van der Waals surface area contributed by atoms with Crippen LogP contribution >= 0.6 is 11.3 Å². The highest BCUT2D eigenvalue weighted by Gasteiger charge is 2.36. The van der Waals surface area contributed by atoms with Gasteiger partial charge in [0.05, 0.1) is 10.2 Å². The molecular formula is C20H18N4OS. The Morgan fingerprint density at radius 1 is 1.04 bits per heavy atom. The van der Waals surface area contributed by atoms with Gasteiger partial charge in [-0.3, -0.25) is 4.79 Å². The van der Waals surface area contributed by atoms with E-state index in [0.717, 1.165) is 41.2 Å². The summed E-state index contributed by atoms with van der Waals surface area (Å²) in [5.74, 6) is 1.12. The summed E-state index contributed by atoms with van der Waals surface area (Å²) in [6.07, 6.45) is 9.84. The van der Waals surface area contributed by atoms with Crippen molar-refractivity contribution in [2.75, 3.05) is 13.1 Å². The fourth-order valence-corrected chi connectivity index (χ4v) is 4.92. The van der Waals surface area contributed by atoms with Crippen LogP contribution in [0.4, 0.5) is 0 Å². The second-order valence-electron chi connectivity index (χ2n) is 6.91. The Balaban J connectivity index is 1.49. The molecule has 0 N–H and O–H groups in total. The van der Waals surface area contributed by atoms with Gasteiger partial charge in [0.2, 0.25) is 0 Å². The molecule has 2 aromatic heterocycles. The first-order valence-corrected chi connectivity index (χ1v) is 9.72. The molecule has 26 heavy (non-hydrogen) atoms. The molecule has 1 fully saturated rings. The van der Waals surface area contributed by atoms with Crippen molar-refractivity contribution in [3.05, 3.63) is 54.5 Å². The number of rotatable bonds is 2. The van der Waals surface area contributed by atoms with Crippen molar-refractivity contribution in [1.82, 2.24) is 19.9 Å². The van der Waals surface area contributed by atoms with E-state index in [1.165, 1.54) is 0 Å². The van der Waals surface area contributed by atoms with Crippen LogP contribution in [0.5, 0.6) is 0 Å². The second kappa shape index (κ2) is 6.29. The van der Waals surface area contributed by atoms with Gasteiger partial charge in [-0.05, 0) is 36.8 Å². The molecular weight excluding hydrogens is 344 g/mol. The Morgan fingerprint density at radius 3 is 2.54 bits per heavy atom. The molecule has 0 spiro atoms. The number of allylic oxidation sites excluding steroid dienone is 2. The highest BCUT2D eigenvalue weighted by atomic mass is 32.1. The van der Waals surface area contributed by atoms with Crippen molar-refractivity contribution in [3.8, 4) is 10.7 Å². The Kier molecular flexibility index (Phi) is 3.78. The minimum Gasteiger partial charge on any atom is -0.337 e. The van der Waals surface area contributed by atoms with Crippen molar-refractivity contribution in [2.45, 2.75) is 12.8 Å². The van der Waals surface area contributed by atoms with Gasteiger partial charge in [0, 0.05) is 25.5 Å². The highest BCUT2D eigenvalue weighted by Crippen LogP contribution is 2.35. The van der Waals surface area contributed by atoms with Crippen molar-refractivity contribution < 1.29 is 4.79 Å². The SMILES string of the molecule is O=C(c1nccnc1-c1nc2ccccc2s1)N1C[C@@H]2CC=CC[C@H]2C1. The van der Waals surface area contributed by atoms with E-state index in [0.29, 0.717) is 23.2 Å². The summed E-state index contributed by atoms with van der Waals surface area (Å²) in [6, 6.07) is 7.97. The van der Waals surface area contributed by atoms with Gasteiger partial charge >= 0.3 is 0 Å². The van der Waals surface area contributed by atoms with Crippen LogP contribution in [-0.4, -0.2) is 38.8 Å². The molecule has 6 heteroatoms. The number of hydrogen-bond donors (Lipinski definition) is 0. The second-order valence-corrected chi connectivity index (χ2v) is 7.94. The Hall–Kier alpha value is -2.60. The quantitative estimate of drug-likeness (QED) is 0.651. The van der Waals surface area contributed by atoms with E-state index in [1.54, 1.807) is 23.7 Å². The molecule has 1 aromatic carbocycles. The van der Waals surface area contributed by atoms with Gasteiger partial charge in [-0.15, -0.1) is 11.3 Å². The first kappa shape index (κ1) is 15.6. The lowest BCUT2D eigenvalue weighted by Crippen LogP contribution is -2.30. The fraction of sp³-hybridized carbons (Fsp3) is 0.300. The van der Waals surface area contributed by atoms with E-state index in [1.807, 2.05) is 29.2 Å². The number of nitrogens with zero attached hydrogens (tertiary/aromatic N) is 4. The van der Waals surface area contributed by atoms with E-state index in [-0.39, 0.29) is 5.91 Å². The van der Waals surface area contributed by atoms with Gasteiger partial charge in [0.15, 0.2) is 5.69 Å². The van der Waals surface area contributed by atoms with Crippen molar-refractivity contribution in [1.29, 1.82) is 0 Å². The van der Waals surface area contributed by atoms with Crippen LogP contribution in [-0.2, 0) is 0 Å². The van der Waals surface area contributed by atoms with Crippen LogP contribution in [0.2, 0.25) is 0 Å². The largest absolute Gasteiger partial charge is 0.337 e. The fourth-order valence-electron chi connectivity index (χ4n) is 3.95. The summed E-state index contributed by atoms with van der Waals surface area (Å²) < 4.78 is 1.09. The molecule has 0 bridgehead atoms. The molecule has 0 radical (unpaired) electrons. The Labute approximate surface area is 155 Å². The van der Waals surface area contributed by atoms with E-state index in [2.05, 4.69) is 27.1 Å². The molecule has 0 unspecified atom stereocenters. The maximum Gasteiger partial charge on any atom is 0.274 e. The number of likely N-dealkylation sites (tertiary alicyclic amines) is 1. The average Bonchev–Trinajstić information content (AvgIpc) is 3.31. The zero-order valence-corrected chi connectivity index (χ0v) is 15.0. The van der Waals surface area contributed by atoms with E-state index < -0.39 is 0 Å². The zero-order chi connectivity index (χ0) is 17.5. The third-order valence-electron chi connectivity index (χ3n) is 5.31. The molecule has 5 rings (SSSR count). The van der Waals surface area contributed by atoms with Crippen LogP contribution in [0, 0.1) is 11.8 Å². The molecule has 3 aromatic rings. The van der Waals surface area contributed by atoms with Crippen LogP contribution in [0.3, 0.4) is 0 Å². The topological polar surface area (TPSA) is 59.0 Å². The predicted octanol–water partition coefficient (Wildman–Crippen LogP) is 3.79. The molecule has 1 amide bonds. The third-order valence-corrected chi connectivity index (χ3v) is 6.35. The summed E-state index contributed by atoms with van der Waals surface area (Å²) in [4.78, 5) is 28.6. The lowest BCUT2D eigenvalue weighted by Gasteiger charge is -2.17. The third kappa shape index (κ3) is 2.61. The lowest BCUT2D eigenvalue weighted by molar-refractivity contribution is 0.0779. The first-order valence-electron chi connectivity index (χ1n) is 8.91. The maximum atomic E-state index is 13.2. The molecule has 5 nitrogen and oxygen atoms in total. The normalized spacial score (nSPS) is 21.9. The monoisotopic (exact) mass is 362 g/mol. The van der Waals surface area contributed by atoms with Gasteiger partial charge in [-0.1, -0.05) is 24.3 Å². The number of benzene rings is 1. The van der Waals surface area contributed by atoms with Gasteiger partial charge < -0.3 is 4.90 Å². The van der Waals surface area contributed by atoms with Crippen molar-refractivity contribution in [2.24, 2.45) is 11.8 Å². The number of para-hydroxylation sites is 1. The number of fused-ring (bicyclic) bond motifs is 2. The van der Waals surface area contributed by atoms with Gasteiger partial charge in [-0.2, -0.15) is 0 Å². The maximum absolute atomic E-state index is 13.2. The number of carbonyl (C=O) groups is 1. The minimum absolute atomic E-state index is 0.0262. The zero-order valence-electron chi connectivity index (χ0n) is 14.2. The molecule has 1 aliphatic heterocycles. The summed E-state index contributed by atoms with van der Waals surface area (Å²) >= 11 is 1.55. The summed E-state index contributed by atoms with van der Waals surface area (Å²) in [5.41, 5.74) is 1.93. The van der Waals surface area contributed by atoms with Crippen LogP contribution in [0.15, 0.2) is 48.8 Å². The number of hydrogen-bond acceptors (Lipinski definition) is 5. The highest BCUT2D eigenvalue weighted by molar-refractivity contribution is 7.21. The molecule has 130 valence electrons. The van der Waals surface area contributed by atoms with Crippen LogP contribution in [0.25, 0.3) is 20.9 Å². The molecule has 1 aliphatic carbocycles. The smallest absolute Gasteiger partial charge is 0.274 e. The van der Waals surface area contributed by atoms with Crippen LogP contribution < -0.4 is 0 Å². The van der Waals surface area contributed by atoms with E-state index in [9.17, 15) is 4.79 Å². The van der Waals surface area contributed by atoms with Crippen LogP contribution in [0.1, 0.15) is 23.3 Å². The molecule has 2 atom stereocenters. The number of amides is 1. The molecule has 0 saturated carbocycles.